The SMILES string of the molecule is Cn1c([N+](=O)[O-])cnc1COc1ccc(COP(N)(=O)N(CCCl)CCCl)cc1F. The van der Waals surface area contributed by atoms with Crippen LogP contribution in [0.3, 0.4) is 0 Å². The van der Waals surface area contributed by atoms with Crippen molar-refractivity contribution < 1.29 is 23.1 Å². The zero-order valence-corrected chi connectivity index (χ0v) is 18.4. The number of nitro groups is 1. The Morgan fingerprint density at radius 2 is 2.00 bits per heavy atom. The summed E-state index contributed by atoms with van der Waals surface area (Å²) in [6, 6.07) is 4.04. The zero-order valence-electron chi connectivity index (χ0n) is 16.0. The average Bonchev–Trinajstić information content (AvgIpc) is 3.06. The number of ether oxygens (including phenoxy) is 1. The predicted octanol–water partition coefficient (Wildman–Crippen LogP) is 3.41. The molecule has 30 heavy (non-hydrogen) atoms. The summed E-state index contributed by atoms with van der Waals surface area (Å²) in [6.45, 7) is 0.0988. The number of halogens is 3. The lowest BCUT2D eigenvalue weighted by atomic mass is 10.2. The minimum absolute atomic E-state index is 0.0776. The van der Waals surface area contributed by atoms with Crippen LogP contribution in [0.1, 0.15) is 11.4 Å². The molecule has 0 aliphatic heterocycles. The molecule has 1 aromatic heterocycles. The maximum Gasteiger partial charge on any atom is 0.342 e. The van der Waals surface area contributed by atoms with Crippen LogP contribution in [0.2, 0.25) is 0 Å². The Hall–Kier alpha value is -1.75. The van der Waals surface area contributed by atoms with Crippen LogP contribution in [0.25, 0.3) is 0 Å². The Balaban J connectivity index is 1.99. The summed E-state index contributed by atoms with van der Waals surface area (Å²) in [5.41, 5.74) is 6.15. The molecule has 0 saturated carbocycles. The highest BCUT2D eigenvalue weighted by molar-refractivity contribution is 7.53. The normalized spacial score (nSPS) is 13.4. The quantitative estimate of drug-likeness (QED) is 0.210. The molecule has 1 atom stereocenters. The van der Waals surface area contributed by atoms with Crippen molar-refractivity contribution in [1.82, 2.24) is 14.2 Å². The molecule has 0 saturated heterocycles. The van der Waals surface area contributed by atoms with Gasteiger partial charge in [-0.25, -0.2) is 24.1 Å². The molecule has 14 heteroatoms. The first-order valence-electron chi connectivity index (χ1n) is 8.66. The lowest BCUT2D eigenvalue weighted by Crippen LogP contribution is -2.29. The molecule has 1 aromatic carbocycles. The molecule has 0 radical (unpaired) electrons. The van der Waals surface area contributed by atoms with Crippen molar-refractivity contribution in [3.8, 4) is 5.75 Å². The molecule has 1 heterocycles. The van der Waals surface area contributed by atoms with Gasteiger partial charge < -0.3 is 19.4 Å². The van der Waals surface area contributed by atoms with Gasteiger partial charge in [0.05, 0.1) is 13.7 Å². The first-order valence-corrected chi connectivity index (χ1v) is 11.4. The topological polar surface area (TPSA) is 126 Å². The summed E-state index contributed by atoms with van der Waals surface area (Å²) in [7, 11) is -2.19. The van der Waals surface area contributed by atoms with Crippen LogP contribution < -0.4 is 10.2 Å². The standard InChI is InChI=1S/C16H21Cl2FN5O5P/c1-22-15(21-9-16(22)24(25)26)11-28-14-3-2-12(8-13(14)19)10-29-30(20,27)23(6-4-17)7-5-18/h2-3,8-9H,4-7,10-11H2,1H3,(H2,20,27). The van der Waals surface area contributed by atoms with Gasteiger partial charge in [0, 0.05) is 24.8 Å². The van der Waals surface area contributed by atoms with Crippen LogP contribution in [0.5, 0.6) is 5.75 Å². The lowest BCUT2D eigenvalue weighted by Gasteiger charge is -2.26. The van der Waals surface area contributed by atoms with E-state index < -0.39 is 18.4 Å². The Labute approximate surface area is 182 Å². The van der Waals surface area contributed by atoms with E-state index in [1.54, 1.807) is 0 Å². The van der Waals surface area contributed by atoms with Gasteiger partial charge in [-0.1, -0.05) is 6.07 Å². The highest BCUT2D eigenvalue weighted by atomic mass is 35.5. The summed E-state index contributed by atoms with van der Waals surface area (Å²) in [4.78, 5) is 14.1. The number of hydrogen-bond acceptors (Lipinski definition) is 6. The number of hydrogen-bond donors (Lipinski definition) is 1. The predicted molar refractivity (Wildman–Crippen MR) is 110 cm³/mol. The number of benzene rings is 1. The van der Waals surface area contributed by atoms with Crippen LogP contribution in [-0.4, -0.2) is 44.0 Å². The third-order valence-electron chi connectivity index (χ3n) is 4.10. The fourth-order valence-corrected chi connectivity index (χ4v) is 4.37. The van der Waals surface area contributed by atoms with Crippen LogP contribution >= 0.6 is 30.9 Å². The molecule has 10 nitrogen and oxygen atoms in total. The van der Waals surface area contributed by atoms with E-state index >= 15 is 0 Å². The van der Waals surface area contributed by atoms with Crippen molar-refractivity contribution in [2.75, 3.05) is 24.8 Å². The van der Waals surface area contributed by atoms with Crippen LogP contribution in [-0.2, 0) is 29.4 Å². The fraction of sp³-hybridized carbons (Fsp3) is 0.438. The van der Waals surface area contributed by atoms with Gasteiger partial charge in [-0.15, -0.1) is 23.2 Å². The van der Waals surface area contributed by atoms with Crippen LogP contribution in [0, 0.1) is 15.9 Å². The number of alkyl halides is 2. The van der Waals surface area contributed by atoms with E-state index in [2.05, 4.69) is 4.98 Å². The third-order valence-corrected chi connectivity index (χ3v) is 6.12. The number of rotatable bonds is 12. The summed E-state index contributed by atoms with van der Waals surface area (Å²) < 4.78 is 40.2. The van der Waals surface area contributed by atoms with Crippen LogP contribution in [0.15, 0.2) is 24.4 Å². The Morgan fingerprint density at radius 1 is 1.33 bits per heavy atom. The Morgan fingerprint density at radius 3 is 2.53 bits per heavy atom. The van der Waals surface area contributed by atoms with Gasteiger partial charge >= 0.3 is 13.5 Å². The smallest absolute Gasteiger partial charge is 0.342 e. The molecular weight excluding hydrogens is 463 g/mol. The molecular formula is C16H21Cl2FN5O5P. The summed E-state index contributed by atoms with van der Waals surface area (Å²) in [6.07, 6.45) is 1.10. The molecule has 2 aromatic rings. The molecule has 0 aliphatic carbocycles. The molecule has 0 aliphatic rings. The lowest BCUT2D eigenvalue weighted by molar-refractivity contribution is -0.391. The average molecular weight is 484 g/mol. The summed E-state index contributed by atoms with van der Waals surface area (Å²) >= 11 is 11.3. The molecule has 0 amide bonds. The maximum absolute atomic E-state index is 14.3. The fourth-order valence-electron chi connectivity index (χ4n) is 2.47. The van der Waals surface area contributed by atoms with E-state index in [4.69, 9.17) is 38.0 Å². The maximum atomic E-state index is 14.3. The minimum atomic E-state index is -3.65. The van der Waals surface area contributed by atoms with Crippen molar-refractivity contribution in [3.63, 3.8) is 0 Å². The van der Waals surface area contributed by atoms with E-state index in [0.29, 0.717) is 5.56 Å². The molecule has 0 spiro atoms. The van der Waals surface area contributed by atoms with Crippen molar-refractivity contribution in [2.24, 2.45) is 12.6 Å². The van der Waals surface area contributed by atoms with Gasteiger partial charge in [0.1, 0.15) is 6.20 Å². The zero-order chi connectivity index (χ0) is 22.3. The van der Waals surface area contributed by atoms with Crippen molar-refractivity contribution >= 4 is 36.7 Å². The number of nitrogens with two attached hydrogens (primary N) is 1. The Bertz CT molecular complexity index is 925. The largest absolute Gasteiger partial charge is 0.480 e. The van der Waals surface area contributed by atoms with Gasteiger partial charge in [0.2, 0.25) is 5.82 Å². The highest BCUT2D eigenvalue weighted by Crippen LogP contribution is 2.43. The second kappa shape index (κ2) is 11.0. The summed E-state index contributed by atoms with van der Waals surface area (Å²) in [5, 5.41) is 10.8. The van der Waals surface area contributed by atoms with E-state index in [9.17, 15) is 19.1 Å². The van der Waals surface area contributed by atoms with Crippen molar-refractivity contribution in [3.05, 3.63) is 51.7 Å². The number of nitrogens with zero attached hydrogens (tertiary/aromatic N) is 4. The van der Waals surface area contributed by atoms with Gasteiger partial charge in [-0.2, -0.15) is 0 Å². The number of imidazole rings is 1. The monoisotopic (exact) mass is 483 g/mol. The minimum Gasteiger partial charge on any atom is -0.480 e. The second-order valence-electron chi connectivity index (χ2n) is 6.07. The van der Waals surface area contributed by atoms with E-state index in [1.807, 2.05) is 0 Å². The van der Waals surface area contributed by atoms with Gasteiger partial charge in [0.25, 0.3) is 0 Å². The molecule has 166 valence electrons. The molecule has 2 N–H and O–H groups in total. The van der Waals surface area contributed by atoms with Crippen LogP contribution in [0.4, 0.5) is 10.2 Å². The van der Waals surface area contributed by atoms with Crippen molar-refractivity contribution in [1.29, 1.82) is 0 Å². The third kappa shape index (κ3) is 6.37. The van der Waals surface area contributed by atoms with Gasteiger partial charge in [-0.05, 0) is 22.6 Å². The number of aromatic nitrogens is 2. The Kier molecular flexibility index (Phi) is 9.02. The van der Waals surface area contributed by atoms with E-state index in [-0.39, 0.29) is 55.5 Å². The summed E-state index contributed by atoms with van der Waals surface area (Å²) in [5.74, 6) is -0.319. The van der Waals surface area contributed by atoms with Crippen molar-refractivity contribution in [2.45, 2.75) is 13.2 Å². The first-order chi connectivity index (χ1) is 14.2. The van der Waals surface area contributed by atoms with E-state index in [1.165, 1.54) is 28.4 Å². The van der Waals surface area contributed by atoms with Gasteiger partial charge in [-0.3, -0.25) is 4.57 Å². The van der Waals surface area contributed by atoms with E-state index in [0.717, 1.165) is 12.3 Å². The second-order valence-corrected chi connectivity index (χ2v) is 8.78. The molecule has 0 fully saturated rings. The molecule has 2 rings (SSSR count). The first kappa shape index (κ1) is 24.5. The van der Waals surface area contributed by atoms with Gasteiger partial charge in [0.15, 0.2) is 18.2 Å². The molecule has 1 unspecified atom stereocenters. The molecule has 0 bridgehead atoms. The highest BCUT2D eigenvalue weighted by Gasteiger charge is 2.26.